The highest BCUT2D eigenvalue weighted by Crippen LogP contribution is 2.44. The summed E-state index contributed by atoms with van der Waals surface area (Å²) in [4.78, 5) is 29.2. The first kappa shape index (κ1) is 36.4. The first-order chi connectivity index (χ1) is 26.0. The van der Waals surface area contributed by atoms with Crippen LogP contribution in [0.4, 0.5) is 10.6 Å². The molecule has 2 heterocycles. The molecule has 2 amide bonds. The second-order valence-electron chi connectivity index (χ2n) is 14.9. The van der Waals surface area contributed by atoms with Gasteiger partial charge in [-0.15, -0.1) is 0 Å². The maximum atomic E-state index is 14.3. The number of nitrogens with zero attached hydrogens (tertiary/aromatic N) is 4. The first-order valence-corrected chi connectivity index (χ1v) is 18.6. The number of hydrogen-bond donors (Lipinski definition) is 1. The van der Waals surface area contributed by atoms with Crippen LogP contribution >= 0.6 is 11.6 Å². The number of rotatable bonds is 7. The molecule has 272 valence electrons. The quantitative estimate of drug-likeness (QED) is 0.165. The molecule has 1 saturated heterocycles. The van der Waals surface area contributed by atoms with Crippen molar-refractivity contribution < 1.29 is 14.3 Å². The summed E-state index contributed by atoms with van der Waals surface area (Å²) in [6.07, 6.45) is 0.833. The van der Waals surface area contributed by atoms with Crippen molar-refractivity contribution in [1.82, 2.24) is 14.7 Å². The number of amides is 2. The topological polar surface area (TPSA) is 100 Å². The molecule has 1 aliphatic rings. The molecule has 0 bridgehead atoms. The maximum absolute atomic E-state index is 14.3. The number of nitrogens with one attached hydrogen (secondary N) is 1. The van der Waals surface area contributed by atoms with E-state index in [9.17, 15) is 14.9 Å². The van der Waals surface area contributed by atoms with Gasteiger partial charge in [0.05, 0.1) is 23.1 Å². The fourth-order valence-corrected chi connectivity index (χ4v) is 7.70. The van der Waals surface area contributed by atoms with Crippen LogP contribution in [-0.2, 0) is 15.1 Å². The molecule has 8 nitrogen and oxygen atoms in total. The van der Waals surface area contributed by atoms with Crippen molar-refractivity contribution in [2.45, 2.75) is 57.7 Å². The summed E-state index contributed by atoms with van der Waals surface area (Å²) in [5.41, 5.74) is 4.03. The van der Waals surface area contributed by atoms with Crippen molar-refractivity contribution >= 4 is 40.3 Å². The predicted molar refractivity (Wildman–Crippen MR) is 213 cm³/mol. The number of fused-ring (bicyclic) bond motifs is 1. The van der Waals surface area contributed by atoms with Crippen molar-refractivity contribution in [3.8, 4) is 17.2 Å². The van der Waals surface area contributed by atoms with Gasteiger partial charge in [-0.1, -0.05) is 109 Å². The van der Waals surface area contributed by atoms with Crippen molar-refractivity contribution in [3.05, 3.63) is 155 Å². The van der Waals surface area contributed by atoms with Crippen LogP contribution < -0.4 is 5.32 Å². The molecule has 54 heavy (non-hydrogen) atoms. The Balaban J connectivity index is 1.42. The molecule has 0 spiro atoms. The summed E-state index contributed by atoms with van der Waals surface area (Å²) in [5, 5.41) is 19.4. The summed E-state index contributed by atoms with van der Waals surface area (Å²) >= 11 is 6.73. The van der Waals surface area contributed by atoms with E-state index in [0.29, 0.717) is 40.2 Å². The number of nitriles is 1. The van der Waals surface area contributed by atoms with E-state index in [2.05, 4.69) is 47.8 Å². The van der Waals surface area contributed by atoms with Gasteiger partial charge in [-0.05, 0) is 93.1 Å². The highest BCUT2D eigenvalue weighted by atomic mass is 35.5. The smallest absolute Gasteiger partial charge is 0.410 e. The molecule has 0 aliphatic carbocycles. The number of anilines is 1. The lowest BCUT2D eigenvalue weighted by molar-refractivity contribution is -0.121. The van der Waals surface area contributed by atoms with Crippen LogP contribution in [0.3, 0.4) is 0 Å². The number of halogens is 1. The molecule has 9 heteroatoms. The lowest BCUT2D eigenvalue weighted by Gasteiger charge is -2.38. The first-order valence-electron chi connectivity index (χ1n) is 18.2. The van der Waals surface area contributed by atoms with Gasteiger partial charge in [-0.3, -0.25) is 4.79 Å². The van der Waals surface area contributed by atoms with E-state index < -0.39 is 23.2 Å². The van der Waals surface area contributed by atoms with Crippen molar-refractivity contribution in [3.63, 3.8) is 0 Å². The van der Waals surface area contributed by atoms with Crippen LogP contribution in [-0.4, -0.2) is 44.9 Å². The summed E-state index contributed by atoms with van der Waals surface area (Å²) in [6, 6.07) is 44.0. The number of aromatic nitrogens is 2. The molecule has 1 aromatic heterocycles. The number of likely N-dealkylation sites (tertiary alicyclic amines) is 1. The third-order valence-electron chi connectivity index (χ3n) is 10.1. The Morgan fingerprint density at radius 3 is 1.98 bits per heavy atom. The minimum Gasteiger partial charge on any atom is -0.444 e. The lowest BCUT2D eigenvalue weighted by atomic mass is 9.77. The van der Waals surface area contributed by atoms with E-state index >= 15 is 0 Å². The number of hydrogen-bond acceptors (Lipinski definition) is 5. The summed E-state index contributed by atoms with van der Waals surface area (Å²) < 4.78 is 7.71. The van der Waals surface area contributed by atoms with E-state index in [1.165, 1.54) is 0 Å². The number of benzene rings is 5. The molecule has 5 aromatic carbocycles. The number of piperidine rings is 1. The highest BCUT2D eigenvalue weighted by molar-refractivity contribution is 6.33. The van der Waals surface area contributed by atoms with Gasteiger partial charge in [-0.25, -0.2) is 9.48 Å². The predicted octanol–water partition coefficient (Wildman–Crippen LogP) is 10.0. The van der Waals surface area contributed by atoms with E-state index in [-0.39, 0.29) is 18.5 Å². The molecule has 0 unspecified atom stereocenters. The zero-order chi connectivity index (χ0) is 38.0. The second kappa shape index (κ2) is 14.8. The maximum Gasteiger partial charge on any atom is 0.410 e. The van der Waals surface area contributed by atoms with Gasteiger partial charge in [0.1, 0.15) is 11.1 Å². The normalized spacial score (nSPS) is 16.1. The van der Waals surface area contributed by atoms with Crippen LogP contribution in [0.2, 0.25) is 5.02 Å². The Hall–Kier alpha value is -5.91. The van der Waals surface area contributed by atoms with Gasteiger partial charge >= 0.3 is 6.09 Å². The lowest BCUT2D eigenvalue weighted by Crippen LogP contribution is -2.49. The van der Waals surface area contributed by atoms with E-state index in [4.69, 9.17) is 21.4 Å². The van der Waals surface area contributed by atoms with Gasteiger partial charge in [0, 0.05) is 28.6 Å². The third kappa shape index (κ3) is 6.95. The molecule has 0 radical (unpaired) electrons. The van der Waals surface area contributed by atoms with E-state index in [0.717, 1.165) is 27.8 Å². The molecule has 2 atom stereocenters. The van der Waals surface area contributed by atoms with Crippen LogP contribution in [0.15, 0.2) is 127 Å². The van der Waals surface area contributed by atoms with E-state index in [1.54, 1.807) is 23.1 Å². The molecule has 7 rings (SSSR count). The Kier molecular flexibility index (Phi) is 10.0. The molecular weight excluding hydrogens is 694 g/mol. The second-order valence-corrected chi connectivity index (χ2v) is 15.3. The van der Waals surface area contributed by atoms with Crippen LogP contribution in [0.5, 0.6) is 0 Å². The van der Waals surface area contributed by atoms with Crippen molar-refractivity contribution in [1.29, 1.82) is 5.26 Å². The van der Waals surface area contributed by atoms with Gasteiger partial charge < -0.3 is 15.0 Å². The number of ether oxygens (including phenoxy) is 1. The molecule has 6 aromatic rings. The molecule has 1 aliphatic heterocycles. The number of carbonyl (C=O) groups excluding carboxylic acids is 2. The molecule has 1 fully saturated rings. The van der Waals surface area contributed by atoms with Crippen molar-refractivity contribution in [2.24, 2.45) is 5.92 Å². The Morgan fingerprint density at radius 2 is 1.43 bits per heavy atom. The SMILES string of the molecule is C[C@@H]1CC[C@@H](C(=O)Nc2nn(C(c3ccccc3)(c3ccccc3)c3ccccc3)c3ccc(-c4cc(C#N)ccc4Cl)cc23)CN1C(=O)OC(C)(C)C. The van der Waals surface area contributed by atoms with E-state index in [1.807, 2.05) is 105 Å². The van der Waals surface area contributed by atoms with Crippen LogP contribution in [0, 0.1) is 17.2 Å². The Labute approximate surface area is 320 Å². The Bertz CT molecular complexity index is 2250. The monoisotopic (exact) mass is 735 g/mol. The fraction of sp³-hybridized carbons (Fsp3) is 0.244. The van der Waals surface area contributed by atoms with Crippen molar-refractivity contribution in [2.75, 3.05) is 11.9 Å². The zero-order valence-corrected chi connectivity index (χ0v) is 31.5. The van der Waals surface area contributed by atoms with Crippen LogP contribution in [0.1, 0.15) is 62.8 Å². The summed E-state index contributed by atoms with van der Waals surface area (Å²) in [7, 11) is 0. The Morgan fingerprint density at radius 1 is 0.833 bits per heavy atom. The zero-order valence-electron chi connectivity index (χ0n) is 30.8. The third-order valence-corrected chi connectivity index (χ3v) is 10.4. The fourth-order valence-electron chi connectivity index (χ4n) is 7.47. The largest absolute Gasteiger partial charge is 0.444 e. The standard InChI is InChI=1S/C45H42ClN5O3/c1-30-20-22-33(29-50(30)43(53)54-44(2,3)4)42(52)48-41-38-27-32(37-26-31(28-47)21-24-39(37)46)23-25-40(38)51(49-41)45(34-14-8-5-9-15-34,35-16-10-6-11-17-35)36-18-12-7-13-19-36/h5-19,21,23-27,30,33H,20,22,29H2,1-4H3,(H,48,49,52)/t30-,33-/m1/s1. The minimum absolute atomic E-state index is 0.0661. The molecule has 0 saturated carbocycles. The molecule has 1 N–H and O–H groups in total. The van der Waals surface area contributed by atoms with Gasteiger partial charge in [-0.2, -0.15) is 10.4 Å². The van der Waals surface area contributed by atoms with Gasteiger partial charge in [0.25, 0.3) is 0 Å². The summed E-state index contributed by atoms with van der Waals surface area (Å²) in [6.45, 7) is 7.72. The van der Waals surface area contributed by atoms with Crippen LogP contribution in [0.25, 0.3) is 22.0 Å². The highest BCUT2D eigenvalue weighted by Gasteiger charge is 2.42. The van der Waals surface area contributed by atoms with Gasteiger partial charge in [0.15, 0.2) is 5.82 Å². The average molecular weight is 736 g/mol. The van der Waals surface area contributed by atoms with Gasteiger partial charge in [0.2, 0.25) is 5.91 Å². The average Bonchev–Trinajstić information content (AvgIpc) is 3.53. The molecular formula is C45H42ClN5O3. The number of carbonyl (C=O) groups is 2. The minimum atomic E-state index is -0.960. The summed E-state index contributed by atoms with van der Waals surface area (Å²) in [5.74, 6) is -0.346.